The summed E-state index contributed by atoms with van der Waals surface area (Å²) in [5.41, 5.74) is 1.28. The highest BCUT2D eigenvalue weighted by Crippen LogP contribution is 2.83. The Bertz CT molecular complexity index is 385. The van der Waals surface area contributed by atoms with Gasteiger partial charge >= 0.3 is 0 Å². The van der Waals surface area contributed by atoms with Crippen LogP contribution in [0, 0.1) is 34.5 Å². The molecule has 0 radical (unpaired) electrons. The van der Waals surface area contributed by atoms with E-state index < -0.39 is 0 Å². The van der Waals surface area contributed by atoms with E-state index in [0.717, 1.165) is 29.7 Å². The molecule has 0 aromatic rings. The van der Waals surface area contributed by atoms with Gasteiger partial charge in [0.25, 0.3) is 0 Å². The van der Waals surface area contributed by atoms with Gasteiger partial charge in [-0.15, -0.1) is 0 Å². The molecule has 4 rings (SSSR count). The number of nitriles is 1. The molecule has 0 aromatic heterocycles. The number of hydrogen-bond donors (Lipinski definition) is 0. The second-order valence-electron chi connectivity index (χ2n) is 6.75. The number of nitrogens with zero attached hydrogens (tertiary/aromatic N) is 2. The van der Waals surface area contributed by atoms with Gasteiger partial charge in [-0.25, -0.2) is 0 Å². The lowest BCUT2D eigenvalue weighted by Gasteiger charge is -2.75. The van der Waals surface area contributed by atoms with Gasteiger partial charge in [-0.1, -0.05) is 0 Å². The summed E-state index contributed by atoms with van der Waals surface area (Å²) in [6.07, 6.45) is 8.19. The van der Waals surface area contributed by atoms with E-state index in [4.69, 9.17) is 5.26 Å². The van der Waals surface area contributed by atoms with Gasteiger partial charge in [-0.2, -0.15) is 5.26 Å². The lowest BCUT2D eigenvalue weighted by molar-refractivity contribution is -0.247. The number of hydrogen-bond acceptors (Lipinski definition) is 2. The van der Waals surface area contributed by atoms with E-state index in [1.807, 2.05) is 0 Å². The van der Waals surface area contributed by atoms with Gasteiger partial charge in [0.05, 0.1) is 6.07 Å². The van der Waals surface area contributed by atoms with Gasteiger partial charge in [0.2, 0.25) is 0 Å². The SMILES string of the molecule is CN(CCC#N)C12CC3CC4CC(C1)C42C3. The van der Waals surface area contributed by atoms with Gasteiger partial charge < -0.3 is 0 Å². The van der Waals surface area contributed by atoms with Crippen LogP contribution in [0.5, 0.6) is 0 Å². The molecule has 5 unspecified atom stereocenters. The van der Waals surface area contributed by atoms with Crippen molar-refractivity contribution in [3.63, 3.8) is 0 Å². The second-order valence-corrected chi connectivity index (χ2v) is 6.75. The Hall–Kier alpha value is -0.550. The van der Waals surface area contributed by atoms with Crippen LogP contribution in [0.15, 0.2) is 0 Å². The van der Waals surface area contributed by atoms with Crippen molar-refractivity contribution in [2.75, 3.05) is 13.6 Å². The Morgan fingerprint density at radius 1 is 1.25 bits per heavy atom. The maximum Gasteiger partial charge on any atom is 0.0635 e. The standard InChI is InChI=1S/C14H20N2/c1-16(4-2-3-15)13-7-10-5-11-6-12(9-13)14(11,13)8-10/h10-12H,2,4-9H2,1H3. The molecule has 1 spiro atoms. The predicted molar refractivity (Wildman–Crippen MR) is 61.6 cm³/mol. The molecule has 4 fully saturated rings. The van der Waals surface area contributed by atoms with Crippen LogP contribution < -0.4 is 0 Å². The highest BCUT2D eigenvalue weighted by atomic mass is 15.2. The zero-order valence-electron chi connectivity index (χ0n) is 10.1. The zero-order chi connectivity index (χ0) is 11.0. The van der Waals surface area contributed by atoms with Crippen LogP contribution in [-0.4, -0.2) is 24.0 Å². The van der Waals surface area contributed by atoms with E-state index in [2.05, 4.69) is 18.0 Å². The summed E-state index contributed by atoms with van der Waals surface area (Å²) in [6, 6.07) is 2.30. The van der Waals surface area contributed by atoms with Crippen molar-refractivity contribution in [3.8, 4) is 6.07 Å². The molecule has 2 nitrogen and oxygen atoms in total. The third-order valence-electron chi connectivity index (χ3n) is 6.64. The van der Waals surface area contributed by atoms with Crippen molar-refractivity contribution in [2.45, 2.75) is 44.1 Å². The van der Waals surface area contributed by atoms with Crippen molar-refractivity contribution in [1.29, 1.82) is 5.26 Å². The van der Waals surface area contributed by atoms with Crippen molar-refractivity contribution < 1.29 is 0 Å². The van der Waals surface area contributed by atoms with E-state index in [1.54, 1.807) is 0 Å². The largest absolute Gasteiger partial charge is 0.299 e. The lowest BCUT2D eigenvalue weighted by atomic mass is 9.34. The maximum absolute atomic E-state index is 8.74. The Kier molecular flexibility index (Phi) is 1.57. The summed E-state index contributed by atoms with van der Waals surface area (Å²) in [6.45, 7) is 0.990. The first-order valence-corrected chi connectivity index (χ1v) is 6.81. The molecule has 2 heteroatoms. The average molecular weight is 216 g/mol. The van der Waals surface area contributed by atoms with Crippen LogP contribution in [0.2, 0.25) is 0 Å². The molecule has 4 aliphatic carbocycles. The van der Waals surface area contributed by atoms with Crippen molar-refractivity contribution in [2.24, 2.45) is 23.2 Å². The smallest absolute Gasteiger partial charge is 0.0635 e. The summed E-state index contributed by atoms with van der Waals surface area (Å²) >= 11 is 0. The molecule has 16 heavy (non-hydrogen) atoms. The zero-order valence-corrected chi connectivity index (χ0v) is 10.1. The maximum atomic E-state index is 8.74. The Morgan fingerprint density at radius 3 is 2.81 bits per heavy atom. The van der Waals surface area contributed by atoms with E-state index in [1.165, 1.54) is 32.1 Å². The Labute approximate surface area is 97.6 Å². The predicted octanol–water partition coefficient (Wildman–Crippen LogP) is 2.41. The summed E-state index contributed by atoms with van der Waals surface area (Å²) in [5, 5.41) is 8.74. The molecule has 0 amide bonds. The van der Waals surface area contributed by atoms with E-state index in [0.29, 0.717) is 12.0 Å². The third kappa shape index (κ3) is 0.730. The molecule has 4 aliphatic rings. The van der Waals surface area contributed by atoms with Gasteiger partial charge in [-0.3, -0.25) is 4.90 Å². The van der Waals surface area contributed by atoms with Gasteiger partial charge in [0, 0.05) is 18.5 Å². The first kappa shape index (κ1) is 9.48. The molecule has 0 aromatic carbocycles. The van der Waals surface area contributed by atoms with Crippen LogP contribution in [0.4, 0.5) is 0 Å². The monoisotopic (exact) mass is 216 g/mol. The highest BCUT2D eigenvalue weighted by molar-refractivity contribution is 5.33. The summed E-state index contributed by atoms with van der Waals surface area (Å²) in [4.78, 5) is 2.57. The molecule has 0 aliphatic heterocycles. The van der Waals surface area contributed by atoms with Gasteiger partial charge in [0.15, 0.2) is 0 Å². The summed E-state index contributed by atoms with van der Waals surface area (Å²) < 4.78 is 0. The molecule has 5 atom stereocenters. The Balaban J connectivity index is 1.62. The minimum absolute atomic E-state index is 0.542. The highest BCUT2D eigenvalue weighted by Gasteiger charge is 2.81. The Morgan fingerprint density at radius 2 is 2.12 bits per heavy atom. The molecule has 0 heterocycles. The van der Waals surface area contributed by atoms with Gasteiger partial charge in [0.1, 0.15) is 0 Å². The molecule has 0 N–H and O–H groups in total. The fourth-order valence-corrected chi connectivity index (χ4v) is 6.23. The number of fused-ring (bicyclic) bond motifs is 1. The average Bonchev–Trinajstić information content (AvgIpc) is 2.73. The third-order valence-corrected chi connectivity index (χ3v) is 6.64. The van der Waals surface area contributed by atoms with Gasteiger partial charge in [-0.05, 0) is 62.3 Å². The van der Waals surface area contributed by atoms with Crippen LogP contribution in [0.1, 0.15) is 38.5 Å². The topological polar surface area (TPSA) is 27.0 Å². The minimum Gasteiger partial charge on any atom is -0.299 e. The molecule has 4 saturated carbocycles. The van der Waals surface area contributed by atoms with Crippen molar-refractivity contribution in [3.05, 3.63) is 0 Å². The molecule has 86 valence electrons. The van der Waals surface area contributed by atoms with E-state index >= 15 is 0 Å². The van der Waals surface area contributed by atoms with Crippen LogP contribution in [0.3, 0.4) is 0 Å². The van der Waals surface area contributed by atoms with Crippen molar-refractivity contribution in [1.82, 2.24) is 4.90 Å². The fraction of sp³-hybridized carbons (Fsp3) is 0.929. The summed E-state index contributed by atoms with van der Waals surface area (Å²) in [5.74, 6) is 3.16. The molecular formula is C14H20N2. The number of rotatable bonds is 3. The normalized spacial score (nSPS) is 55.4. The van der Waals surface area contributed by atoms with Crippen LogP contribution >= 0.6 is 0 Å². The van der Waals surface area contributed by atoms with E-state index in [9.17, 15) is 0 Å². The van der Waals surface area contributed by atoms with Crippen LogP contribution in [-0.2, 0) is 0 Å². The lowest BCUT2D eigenvalue weighted by Crippen LogP contribution is -2.76. The second kappa shape index (κ2) is 2.64. The van der Waals surface area contributed by atoms with E-state index in [-0.39, 0.29) is 0 Å². The fourth-order valence-electron chi connectivity index (χ4n) is 6.23. The first-order valence-electron chi connectivity index (χ1n) is 6.81. The first-order chi connectivity index (χ1) is 7.73. The summed E-state index contributed by atoms with van der Waals surface area (Å²) in [7, 11) is 2.28. The quantitative estimate of drug-likeness (QED) is 0.724. The molecule has 2 bridgehead atoms. The minimum atomic E-state index is 0.542. The molecular weight excluding hydrogens is 196 g/mol. The van der Waals surface area contributed by atoms with Crippen molar-refractivity contribution >= 4 is 0 Å². The van der Waals surface area contributed by atoms with Crippen LogP contribution in [0.25, 0.3) is 0 Å². The molecule has 0 saturated heterocycles.